The summed E-state index contributed by atoms with van der Waals surface area (Å²) in [5.41, 5.74) is 1.48. The fourth-order valence-electron chi connectivity index (χ4n) is 3.96. The van der Waals surface area contributed by atoms with E-state index in [-0.39, 0.29) is 11.6 Å². The molecule has 0 radical (unpaired) electrons. The van der Waals surface area contributed by atoms with Gasteiger partial charge in [-0.25, -0.2) is 0 Å². The average molecular weight is 636 g/mol. The molecule has 8 nitrogen and oxygen atoms in total. The molecule has 1 heterocycles. The molecular formula is C32H30ClN3O5S2. The molecule has 1 atom stereocenters. The quantitative estimate of drug-likeness (QED) is 0.111. The molecular weight excluding hydrogens is 606 g/mol. The molecule has 0 saturated carbocycles. The number of anilines is 2. The fourth-order valence-corrected chi connectivity index (χ4v) is 5.87. The molecule has 0 saturated heterocycles. The Morgan fingerprint density at radius 3 is 2.37 bits per heavy atom. The standard InChI is InChI=1S/C32H30ClN3O5S2/c1-4-29(32(39)35-25-18-24(33)27(40-2)19-28(25)41-3)43-23-13-8-12-21(16-23)34-31(38)26(17-22-14-9-15-42-22)36-30(37)20-10-6-5-7-11-20/h5-19,29H,4H2,1-3H3,(H,34,38)(H,35,39)(H,36,37)/b26-17-. The predicted molar refractivity (Wildman–Crippen MR) is 174 cm³/mol. The Morgan fingerprint density at radius 1 is 0.930 bits per heavy atom. The first-order valence-electron chi connectivity index (χ1n) is 13.2. The Hall–Kier alpha value is -4.25. The number of methoxy groups -OCH3 is 2. The molecule has 0 fully saturated rings. The van der Waals surface area contributed by atoms with Gasteiger partial charge in [0.05, 0.1) is 30.2 Å². The molecule has 0 spiro atoms. The minimum absolute atomic E-state index is 0.104. The topological polar surface area (TPSA) is 106 Å². The lowest BCUT2D eigenvalue weighted by molar-refractivity contribution is -0.116. The van der Waals surface area contributed by atoms with Gasteiger partial charge in [0, 0.05) is 27.1 Å². The summed E-state index contributed by atoms with van der Waals surface area (Å²) in [5, 5.41) is 10.3. The zero-order valence-corrected chi connectivity index (χ0v) is 26.1. The van der Waals surface area contributed by atoms with Crippen LogP contribution in [-0.4, -0.2) is 37.2 Å². The van der Waals surface area contributed by atoms with Crippen molar-refractivity contribution in [1.82, 2.24) is 5.32 Å². The lowest BCUT2D eigenvalue weighted by atomic mass is 10.2. The van der Waals surface area contributed by atoms with Gasteiger partial charge in [-0.2, -0.15) is 0 Å². The molecule has 4 aromatic rings. The van der Waals surface area contributed by atoms with Crippen LogP contribution in [-0.2, 0) is 9.59 Å². The number of nitrogens with one attached hydrogen (secondary N) is 3. The van der Waals surface area contributed by atoms with Crippen molar-refractivity contribution >= 4 is 69.9 Å². The summed E-state index contributed by atoms with van der Waals surface area (Å²) in [6, 6.07) is 22.8. The normalized spacial score (nSPS) is 11.8. The van der Waals surface area contributed by atoms with E-state index in [9.17, 15) is 14.4 Å². The van der Waals surface area contributed by atoms with Gasteiger partial charge in [-0.3, -0.25) is 14.4 Å². The van der Waals surface area contributed by atoms with E-state index in [2.05, 4.69) is 16.0 Å². The predicted octanol–water partition coefficient (Wildman–Crippen LogP) is 7.34. The highest BCUT2D eigenvalue weighted by molar-refractivity contribution is 8.00. The van der Waals surface area contributed by atoms with Crippen LogP contribution in [0, 0.1) is 0 Å². The fraction of sp³-hybridized carbons (Fsp3) is 0.156. The summed E-state index contributed by atoms with van der Waals surface area (Å²) < 4.78 is 10.6. The van der Waals surface area contributed by atoms with Crippen LogP contribution in [0.4, 0.5) is 11.4 Å². The zero-order valence-electron chi connectivity index (χ0n) is 23.7. The third-order valence-corrected chi connectivity index (χ3v) is 8.60. The third-order valence-electron chi connectivity index (χ3n) is 6.12. The lowest BCUT2D eigenvalue weighted by Crippen LogP contribution is -2.30. The van der Waals surface area contributed by atoms with Gasteiger partial charge in [0.15, 0.2) is 0 Å². The smallest absolute Gasteiger partial charge is 0.272 e. The van der Waals surface area contributed by atoms with E-state index in [1.54, 1.807) is 60.7 Å². The van der Waals surface area contributed by atoms with Gasteiger partial charge >= 0.3 is 0 Å². The van der Waals surface area contributed by atoms with Gasteiger partial charge in [-0.1, -0.05) is 48.9 Å². The molecule has 0 bridgehead atoms. The molecule has 11 heteroatoms. The highest BCUT2D eigenvalue weighted by atomic mass is 35.5. The molecule has 3 amide bonds. The Balaban J connectivity index is 1.47. The average Bonchev–Trinajstić information content (AvgIpc) is 3.53. The Labute approximate surface area is 263 Å². The molecule has 0 aliphatic heterocycles. The van der Waals surface area contributed by atoms with Crippen LogP contribution >= 0.6 is 34.7 Å². The minimum atomic E-state index is -0.479. The van der Waals surface area contributed by atoms with Gasteiger partial charge in [0.25, 0.3) is 11.8 Å². The van der Waals surface area contributed by atoms with Crippen LogP contribution in [0.25, 0.3) is 6.08 Å². The van der Waals surface area contributed by atoms with E-state index in [0.29, 0.717) is 39.9 Å². The van der Waals surface area contributed by atoms with E-state index in [1.807, 2.05) is 36.6 Å². The van der Waals surface area contributed by atoms with Crippen molar-refractivity contribution in [2.45, 2.75) is 23.5 Å². The van der Waals surface area contributed by atoms with Crippen LogP contribution in [0.2, 0.25) is 5.02 Å². The van der Waals surface area contributed by atoms with Crippen molar-refractivity contribution in [3.63, 3.8) is 0 Å². The number of amides is 3. The molecule has 3 N–H and O–H groups in total. The highest BCUT2D eigenvalue weighted by Crippen LogP contribution is 2.37. The molecule has 222 valence electrons. The summed E-state index contributed by atoms with van der Waals surface area (Å²) in [6.45, 7) is 1.91. The second-order valence-corrected chi connectivity index (χ2v) is 11.7. The van der Waals surface area contributed by atoms with Crippen LogP contribution in [0.1, 0.15) is 28.6 Å². The Morgan fingerprint density at radius 2 is 1.70 bits per heavy atom. The van der Waals surface area contributed by atoms with Crippen LogP contribution in [0.15, 0.2) is 94.8 Å². The monoisotopic (exact) mass is 635 g/mol. The number of hydrogen-bond donors (Lipinski definition) is 3. The van der Waals surface area contributed by atoms with Crippen molar-refractivity contribution in [2.75, 3.05) is 24.9 Å². The summed E-state index contributed by atoms with van der Waals surface area (Å²) in [5.74, 6) is -0.247. The Bertz CT molecular complexity index is 1610. The van der Waals surface area contributed by atoms with Crippen molar-refractivity contribution < 1.29 is 23.9 Å². The SMILES string of the molecule is CCC(Sc1cccc(NC(=O)/C(=C/c2cccs2)NC(=O)c2ccccc2)c1)C(=O)Nc1cc(Cl)c(OC)cc1OC. The molecule has 3 aromatic carbocycles. The maximum absolute atomic E-state index is 13.3. The van der Waals surface area contributed by atoms with Crippen molar-refractivity contribution in [1.29, 1.82) is 0 Å². The van der Waals surface area contributed by atoms with E-state index in [1.165, 1.54) is 37.3 Å². The number of thiophene rings is 1. The number of rotatable bonds is 12. The van der Waals surface area contributed by atoms with Crippen LogP contribution in [0.3, 0.4) is 0 Å². The van der Waals surface area contributed by atoms with E-state index in [0.717, 1.165) is 9.77 Å². The van der Waals surface area contributed by atoms with Crippen molar-refractivity contribution in [3.05, 3.63) is 105 Å². The van der Waals surface area contributed by atoms with Crippen LogP contribution in [0.5, 0.6) is 11.5 Å². The molecule has 0 aliphatic carbocycles. The van der Waals surface area contributed by atoms with Gasteiger partial charge in [-0.15, -0.1) is 23.1 Å². The largest absolute Gasteiger partial charge is 0.495 e. The molecule has 0 aliphatic rings. The second-order valence-electron chi connectivity index (χ2n) is 9.07. The third kappa shape index (κ3) is 8.63. The van der Waals surface area contributed by atoms with Gasteiger partial charge in [0.1, 0.15) is 17.2 Å². The van der Waals surface area contributed by atoms with E-state index >= 15 is 0 Å². The molecule has 4 rings (SSSR count). The number of ether oxygens (including phenoxy) is 2. The maximum Gasteiger partial charge on any atom is 0.272 e. The van der Waals surface area contributed by atoms with Crippen molar-refractivity contribution in [3.8, 4) is 11.5 Å². The number of halogens is 1. The summed E-state index contributed by atoms with van der Waals surface area (Å²) >= 11 is 9.07. The molecule has 1 unspecified atom stereocenters. The molecule has 1 aromatic heterocycles. The maximum atomic E-state index is 13.3. The van der Waals surface area contributed by atoms with Gasteiger partial charge in [0.2, 0.25) is 5.91 Å². The van der Waals surface area contributed by atoms with Gasteiger partial charge in [-0.05, 0) is 60.3 Å². The van der Waals surface area contributed by atoms with E-state index in [4.69, 9.17) is 21.1 Å². The zero-order chi connectivity index (χ0) is 30.8. The number of hydrogen-bond acceptors (Lipinski definition) is 7. The summed E-state index contributed by atoms with van der Waals surface area (Å²) in [4.78, 5) is 41.0. The summed E-state index contributed by atoms with van der Waals surface area (Å²) in [6.07, 6.45) is 2.18. The first-order chi connectivity index (χ1) is 20.8. The Kier molecular flexibility index (Phi) is 11.3. The highest BCUT2D eigenvalue weighted by Gasteiger charge is 2.21. The lowest BCUT2D eigenvalue weighted by Gasteiger charge is -2.18. The minimum Gasteiger partial charge on any atom is -0.495 e. The number of benzene rings is 3. The van der Waals surface area contributed by atoms with Crippen LogP contribution < -0.4 is 25.4 Å². The number of thioether (sulfide) groups is 1. The van der Waals surface area contributed by atoms with Crippen molar-refractivity contribution in [2.24, 2.45) is 0 Å². The molecule has 43 heavy (non-hydrogen) atoms. The first-order valence-corrected chi connectivity index (χ1v) is 15.4. The first kappa shape index (κ1) is 31.7. The van der Waals surface area contributed by atoms with E-state index < -0.39 is 17.1 Å². The number of carbonyl (C=O) groups is 3. The number of carbonyl (C=O) groups excluding carboxylic acids is 3. The van der Waals surface area contributed by atoms with Gasteiger partial charge < -0.3 is 25.4 Å². The second kappa shape index (κ2) is 15.3. The summed E-state index contributed by atoms with van der Waals surface area (Å²) in [7, 11) is 3.00.